The summed E-state index contributed by atoms with van der Waals surface area (Å²) in [6.45, 7) is 3.89. The first-order valence-corrected chi connectivity index (χ1v) is 4.78. The average Bonchev–Trinajstić information content (AvgIpc) is 2.62. The van der Waals surface area contributed by atoms with Gasteiger partial charge in [0.15, 0.2) is 0 Å². The maximum absolute atomic E-state index is 11.5. The van der Waals surface area contributed by atoms with E-state index in [9.17, 15) is 9.59 Å². The van der Waals surface area contributed by atoms with Gasteiger partial charge in [0.2, 0.25) is 5.91 Å². The van der Waals surface area contributed by atoms with Crippen LogP contribution in [0.25, 0.3) is 0 Å². The molecule has 0 spiro atoms. The number of aliphatic carboxylic acids is 1. The van der Waals surface area contributed by atoms with Crippen LogP contribution in [0.2, 0.25) is 0 Å². The Morgan fingerprint density at radius 3 is 2.64 bits per heavy atom. The Morgan fingerprint density at radius 2 is 2.07 bits per heavy atom. The van der Waals surface area contributed by atoms with E-state index in [-0.39, 0.29) is 11.8 Å². The van der Waals surface area contributed by atoms with Gasteiger partial charge in [0.1, 0.15) is 0 Å². The summed E-state index contributed by atoms with van der Waals surface area (Å²) in [4.78, 5) is 22.3. The molecule has 1 aliphatic carbocycles. The van der Waals surface area contributed by atoms with Gasteiger partial charge >= 0.3 is 5.97 Å². The number of rotatable bonds is 4. The molecular formula is C10H15NO3. The van der Waals surface area contributed by atoms with E-state index >= 15 is 0 Å². The summed E-state index contributed by atoms with van der Waals surface area (Å²) in [6.07, 6.45) is 3.70. The third-order valence-corrected chi connectivity index (χ3v) is 2.59. The summed E-state index contributed by atoms with van der Waals surface area (Å²) in [6, 6.07) is 0. The maximum atomic E-state index is 11.5. The van der Waals surface area contributed by atoms with E-state index in [0.717, 1.165) is 6.42 Å². The minimum atomic E-state index is -0.860. The van der Waals surface area contributed by atoms with Crippen molar-refractivity contribution in [3.05, 3.63) is 12.7 Å². The molecule has 1 aliphatic rings. The summed E-state index contributed by atoms with van der Waals surface area (Å²) < 4.78 is 0. The zero-order valence-electron chi connectivity index (χ0n) is 8.03. The number of amides is 1. The number of nitrogens with one attached hydrogen (secondary N) is 1. The van der Waals surface area contributed by atoms with Crippen LogP contribution in [0, 0.1) is 11.8 Å². The van der Waals surface area contributed by atoms with Crippen LogP contribution >= 0.6 is 0 Å². The van der Waals surface area contributed by atoms with E-state index in [1.54, 1.807) is 6.08 Å². The lowest BCUT2D eigenvalue weighted by Crippen LogP contribution is -2.35. The quantitative estimate of drug-likeness (QED) is 0.655. The number of hydrogen-bond donors (Lipinski definition) is 2. The van der Waals surface area contributed by atoms with Crippen LogP contribution in [0.15, 0.2) is 12.7 Å². The van der Waals surface area contributed by atoms with E-state index in [1.807, 2.05) is 0 Å². The van der Waals surface area contributed by atoms with Crippen molar-refractivity contribution in [2.45, 2.75) is 19.3 Å². The smallest absolute Gasteiger partial charge is 0.307 e. The van der Waals surface area contributed by atoms with Gasteiger partial charge in [-0.1, -0.05) is 12.5 Å². The average molecular weight is 197 g/mol. The van der Waals surface area contributed by atoms with Crippen molar-refractivity contribution in [2.24, 2.45) is 11.8 Å². The molecule has 0 aliphatic heterocycles. The fraction of sp³-hybridized carbons (Fsp3) is 0.600. The van der Waals surface area contributed by atoms with Crippen molar-refractivity contribution >= 4 is 11.9 Å². The number of hydrogen-bond acceptors (Lipinski definition) is 2. The van der Waals surface area contributed by atoms with Gasteiger partial charge in [0.05, 0.1) is 11.8 Å². The molecule has 0 radical (unpaired) electrons. The highest BCUT2D eigenvalue weighted by atomic mass is 16.4. The Labute approximate surface area is 83.0 Å². The first kappa shape index (κ1) is 10.8. The Balaban J connectivity index is 2.53. The highest BCUT2D eigenvalue weighted by Gasteiger charge is 2.37. The minimum absolute atomic E-state index is 0.158. The molecule has 4 nitrogen and oxygen atoms in total. The third-order valence-electron chi connectivity index (χ3n) is 2.59. The van der Waals surface area contributed by atoms with E-state index in [2.05, 4.69) is 11.9 Å². The van der Waals surface area contributed by atoms with E-state index in [1.165, 1.54) is 0 Å². The Bertz CT molecular complexity index is 250. The van der Waals surface area contributed by atoms with Crippen molar-refractivity contribution < 1.29 is 14.7 Å². The molecule has 0 bridgehead atoms. The van der Waals surface area contributed by atoms with E-state index in [0.29, 0.717) is 19.4 Å². The van der Waals surface area contributed by atoms with Crippen molar-refractivity contribution in [2.75, 3.05) is 6.54 Å². The molecule has 2 N–H and O–H groups in total. The predicted molar refractivity (Wildman–Crippen MR) is 51.7 cm³/mol. The van der Waals surface area contributed by atoms with E-state index in [4.69, 9.17) is 5.11 Å². The van der Waals surface area contributed by atoms with Crippen LogP contribution in [0.1, 0.15) is 19.3 Å². The molecule has 0 aromatic rings. The first-order chi connectivity index (χ1) is 6.66. The normalized spacial score (nSPS) is 25.7. The Hall–Kier alpha value is -1.32. The van der Waals surface area contributed by atoms with Crippen molar-refractivity contribution in [3.8, 4) is 0 Å². The van der Waals surface area contributed by atoms with Crippen molar-refractivity contribution in [1.82, 2.24) is 5.32 Å². The predicted octanol–water partition coefficient (Wildman–Crippen LogP) is 0.790. The Morgan fingerprint density at radius 1 is 1.43 bits per heavy atom. The topological polar surface area (TPSA) is 66.4 Å². The molecular weight excluding hydrogens is 182 g/mol. The van der Waals surface area contributed by atoms with Gasteiger partial charge < -0.3 is 10.4 Å². The van der Waals surface area contributed by atoms with Gasteiger partial charge in [0.25, 0.3) is 0 Å². The number of carboxylic acids is 1. The van der Waals surface area contributed by atoms with Crippen molar-refractivity contribution in [1.29, 1.82) is 0 Å². The second-order valence-corrected chi connectivity index (χ2v) is 3.52. The lowest BCUT2D eigenvalue weighted by atomic mass is 9.95. The fourth-order valence-electron chi connectivity index (χ4n) is 1.87. The van der Waals surface area contributed by atoms with Crippen LogP contribution < -0.4 is 5.32 Å². The van der Waals surface area contributed by atoms with Crippen LogP contribution in [0.4, 0.5) is 0 Å². The molecule has 78 valence electrons. The highest BCUT2D eigenvalue weighted by Crippen LogP contribution is 2.31. The number of carbonyl (C=O) groups is 2. The SMILES string of the molecule is C=CCNC(=O)[C@@H]1CCC[C@@H]1C(=O)O. The van der Waals surface area contributed by atoms with Gasteiger partial charge in [-0.2, -0.15) is 0 Å². The molecule has 1 saturated carbocycles. The molecule has 0 heterocycles. The lowest BCUT2D eigenvalue weighted by Gasteiger charge is -2.14. The molecule has 1 amide bonds. The van der Waals surface area contributed by atoms with Crippen LogP contribution in [0.5, 0.6) is 0 Å². The van der Waals surface area contributed by atoms with E-state index < -0.39 is 11.9 Å². The lowest BCUT2D eigenvalue weighted by molar-refractivity contribution is -0.146. The summed E-state index contributed by atoms with van der Waals surface area (Å²) in [5, 5.41) is 11.5. The molecule has 0 saturated heterocycles. The zero-order valence-corrected chi connectivity index (χ0v) is 8.03. The van der Waals surface area contributed by atoms with Gasteiger partial charge in [-0.05, 0) is 12.8 Å². The zero-order chi connectivity index (χ0) is 10.6. The second kappa shape index (κ2) is 4.79. The van der Waals surface area contributed by atoms with Crippen LogP contribution in [-0.2, 0) is 9.59 Å². The van der Waals surface area contributed by atoms with Gasteiger partial charge in [-0.15, -0.1) is 6.58 Å². The van der Waals surface area contributed by atoms with Crippen LogP contribution in [0.3, 0.4) is 0 Å². The third kappa shape index (κ3) is 2.34. The number of carboxylic acid groups (broad SMARTS) is 1. The number of carbonyl (C=O) groups excluding carboxylic acids is 1. The molecule has 0 aromatic heterocycles. The molecule has 4 heteroatoms. The first-order valence-electron chi connectivity index (χ1n) is 4.78. The molecule has 0 aromatic carbocycles. The van der Waals surface area contributed by atoms with Gasteiger partial charge in [0, 0.05) is 6.54 Å². The summed E-state index contributed by atoms with van der Waals surface area (Å²) in [7, 11) is 0. The molecule has 1 rings (SSSR count). The fourth-order valence-corrected chi connectivity index (χ4v) is 1.87. The molecule has 1 fully saturated rings. The summed E-state index contributed by atoms with van der Waals surface area (Å²) in [5.41, 5.74) is 0. The highest BCUT2D eigenvalue weighted by molar-refractivity contribution is 5.85. The molecule has 14 heavy (non-hydrogen) atoms. The van der Waals surface area contributed by atoms with Gasteiger partial charge in [-0.25, -0.2) is 0 Å². The monoisotopic (exact) mass is 197 g/mol. The Kier molecular flexibility index (Phi) is 3.68. The summed E-state index contributed by atoms with van der Waals surface area (Å²) >= 11 is 0. The second-order valence-electron chi connectivity index (χ2n) is 3.52. The van der Waals surface area contributed by atoms with Crippen molar-refractivity contribution in [3.63, 3.8) is 0 Å². The van der Waals surface area contributed by atoms with Gasteiger partial charge in [-0.3, -0.25) is 9.59 Å². The summed E-state index contributed by atoms with van der Waals surface area (Å²) in [5.74, 6) is -1.87. The molecule has 0 unspecified atom stereocenters. The molecule has 2 atom stereocenters. The maximum Gasteiger partial charge on any atom is 0.307 e. The van der Waals surface area contributed by atoms with Crippen LogP contribution in [-0.4, -0.2) is 23.5 Å². The standard InChI is InChI=1S/C10H15NO3/c1-2-6-11-9(12)7-4-3-5-8(7)10(13)14/h2,7-8H,1,3-6H2,(H,11,12)(H,13,14)/t7-,8+/m1/s1. The largest absolute Gasteiger partial charge is 0.481 e. The minimum Gasteiger partial charge on any atom is -0.481 e.